The average molecular weight is 246 g/mol. The van der Waals surface area contributed by atoms with Crippen molar-refractivity contribution in [3.63, 3.8) is 0 Å². The van der Waals surface area contributed by atoms with Gasteiger partial charge in [-0.3, -0.25) is 0 Å². The van der Waals surface area contributed by atoms with E-state index in [1.807, 2.05) is 13.8 Å². The van der Waals surface area contributed by atoms with Crippen LogP contribution < -0.4 is 4.74 Å². The van der Waals surface area contributed by atoms with Crippen LogP contribution in [0.2, 0.25) is 0 Å². The van der Waals surface area contributed by atoms with Crippen molar-refractivity contribution in [1.29, 1.82) is 0 Å². The van der Waals surface area contributed by atoms with Crippen LogP contribution in [0.1, 0.15) is 31.2 Å². The molecule has 0 saturated heterocycles. The Morgan fingerprint density at radius 3 is 2.61 bits per heavy atom. The Labute approximate surface area is 106 Å². The van der Waals surface area contributed by atoms with Gasteiger partial charge in [0.1, 0.15) is 18.2 Å². The molecule has 2 aromatic rings. The predicted molar refractivity (Wildman–Crippen MR) is 66.9 cm³/mol. The maximum atomic E-state index is 13.2. The van der Waals surface area contributed by atoms with Crippen molar-refractivity contribution in [2.45, 2.75) is 26.4 Å². The van der Waals surface area contributed by atoms with Crippen LogP contribution in [0.25, 0.3) is 0 Å². The highest BCUT2D eigenvalue weighted by molar-refractivity contribution is 5.36. The third kappa shape index (κ3) is 3.03. The van der Waals surface area contributed by atoms with Gasteiger partial charge in [0.15, 0.2) is 5.82 Å². The normalized spacial score (nSPS) is 10.7. The Hall–Kier alpha value is -1.97. The zero-order chi connectivity index (χ0) is 13.0. The fraction of sp³-hybridized carbons (Fsp3) is 0.286. The molecule has 1 aromatic heterocycles. The Balaban J connectivity index is 2.15. The van der Waals surface area contributed by atoms with Gasteiger partial charge in [0.2, 0.25) is 0 Å². The van der Waals surface area contributed by atoms with E-state index in [2.05, 4.69) is 9.97 Å². The minimum absolute atomic E-state index is 0.240. The standard InChI is InChI=1S/C14H15FN2O/c1-10(2)12-5-4-11(15)8-13(12)18-9-14-16-6-3-7-17-14/h3-8,10H,9H2,1-2H3. The highest BCUT2D eigenvalue weighted by Crippen LogP contribution is 2.27. The van der Waals surface area contributed by atoms with Crippen LogP contribution in [-0.4, -0.2) is 9.97 Å². The zero-order valence-corrected chi connectivity index (χ0v) is 10.4. The number of nitrogens with zero attached hydrogens (tertiary/aromatic N) is 2. The molecule has 0 N–H and O–H groups in total. The molecular formula is C14H15FN2O. The predicted octanol–water partition coefficient (Wildman–Crippen LogP) is 3.32. The number of hydrogen-bond acceptors (Lipinski definition) is 3. The van der Waals surface area contributed by atoms with E-state index in [4.69, 9.17) is 4.74 Å². The van der Waals surface area contributed by atoms with Crippen LogP contribution >= 0.6 is 0 Å². The first kappa shape index (κ1) is 12.5. The van der Waals surface area contributed by atoms with Crippen LogP contribution in [-0.2, 0) is 6.61 Å². The highest BCUT2D eigenvalue weighted by Gasteiger charge is 2.09. The van der Waals surface area contributed by atoms with Crippen LogP contribution in [0.3, 0.4) is 0 Å². The quantitative estimate of drug-likeness (QED) is 0.830. The van der Waals surface area contributed by atoms with Gasteiger partial charge in [-0.15, -0.1) is 0 Å². The fourth-order valence-electron chi connectivity index (χ4n) is 1.66. The second kappa shape index (κ2) is 5.58. The number of rotatable bonds is 4. The topological polar surface area (TPSA) is 35.0 Å². The Kier molecular flexibility index (Phi) is 3.87. The molecule has 4 heteroatoms. The SMILES string of the molecule is CC(C)c1ccc(F)cc1OCc1ncccn1. The van der Waals surface area contributed by atoms with Crippen molar-refractivity contribution in [2.75, 3.05) is 0 Å². The summed E-state index contributed by atoms with van der Waals surface area (Å²) < 4.78 is 18.8. The summed E-state index contributed by atoms with van der Waals surface area (Å²) in [6, 6.07) is 6.34. The van der Waals surface area contributed by atoms with Crippen LogP contribution in [0, 0.1) is 5.82 Å². The number of aromatic nitrogens is 2. The summed E-state index contributed by atoms with van der Waals surface area (Å²) in [5, 5.41) is 0. The van der Waals surface area contributed by atoms with Crippen LogP contribution in [0.5, 0.6) is 5.75 Å². The number of hydrogen-bond donors (Lipinski definition) is 0. The summed E-state index contributed by atoms with van der Waals surface area (Å²) >= 11 is 0. The average Bonchev–Trinajstić information content (AvgIpc) is 2.37. The van der Waals surface area contributed by atoms with Gasteiger partial charge in [0.05, 0.1) is 0 Å². The van der Waals surface area contributed by atoms with Gasteiger partial charge >= 0.3 is 0 Å². The van der Waals surface area contributed by atoms with Gasteiger partial charge in [-0.25, -0.2) is 14.4 Å². The highest BCUT2D eigenvalue weighted by atomic mass is 19.1. The molecule has 0 atom stereocenters. The molecule has 0 bridgehead atoms. The lowest BCUT2D eigenvalue weighted by Crippen LogP contribution is -2.03. The first-order valence-electron chi connectivity index (χ1n) is 5.85. The largest absolute Gasteiger partial charge is 0.485 e. The molecule has 18 heavy (non-hydrogen) atoms. The van der Waals surface area contributed by atoms with Gasteiger partial charge < -0.3 is 4.74 Å². The monoisotopic (exact) mass is 246 g/mol. The number of halogens is 1. The zero-order valence-electron chi connectivity index (χ0n) is 10.4. The van der Waals surface area contributed by atoms with Gasteiger partial charge in [-0.2, -0.15) is 0 Å². The summed E-state index contributed by atoms with van der Waals surface area (Å²) in [6.45, 7) is 4.32. The van der Waals surface area contributed by atoms with Gasteiger partial charge in [-0.05, 0) is 23.6 Å². The Bertz CT molecular complexity index is 514. The maximum absolute atomic E-state index is 13.2. The summed E-state index contributed by atoms with van der Waals surface area (Å²) in [6.07, 6.45) is 3.31. The summed E-state index contributed by atoms with van der Waals surface area (Å²) in [5.41, 5.74) is 0.979. The molecule has 0 spiro atoms. The van der Waals surface area contributed by atoms with E-state index >= 15 is 0 Å². The van der Waals surface area contributed by atoms with Crippen molar-refractivity contribution in [1.82, 2.24) is 9.97 Å². The molecule has 0 amide bonds. The van der Waals surface area contributed by atoms with Crippen molar-refractivity contribution in [3.05, 3.63) is 53.9 Å². The molecule has 0 aliphatic rings. The third-order valence-corrected chi connectivity index (χ3v) is 2.57. The number of benzene rings is 1. The molecule has 1 heterocycles. The van der Waals surface area contributed by atoms with Crippen molar-refractivity contribution in [2.24, 2.45) is 0 Å². The summed E-state index contributed by atoms with van der Waals surface area (Å²) in [7, 11) is 0. The Morgan fingerprint density at radius 1 is 1.22 bits per heavy atom. The molecule has 0 unspecified atom stereocenters. The van der Waals surface area contributed by atoms with Crippen LogP contribution in [0.15, 0.2) is 36.7 Å². The summed E-state index contributed by atoms with van der Waals surface area (Å²) in [5.74, 6) is 1.11. The minimum Gasteiger partial charge on any atom is -0.485 e. The van der Waals surface area contributed by atoms with E-state index in [9.17, 15) is 4.39 Å². The van der Waals surface area contributed by atoms with E-state index < -0.39 is 0 Å². The smallest absolute Gasteiger partial charge is 0.166 e. The molecule has 1 aromatic carbocycles. The molecule has 94 valence electrons. The van der Waals surface area contributed by atoms with E-state index in [0.717, 1.165) is 5.56 Å². The lowest BCUT2D eigenvalue weighted by molar-refractivity contribution is 0.290. The molecule has 3 nitrogen and oxygen atoms in total. The second-order valence-electron chi connectivity index (χ2n) is 4.29. The van der Waals surface area contributed by atoms with Crippen LogP contribution in [0.4, 0.5) is 4.39 Å². The summed E-state index contributed by atoms with van der Waals surface area (Å²) in [4.78, 5) is 8.12. The minimum atomic E-state index is -0.302. The molecule has 0 aliphatic carbocycles. The third-order valence-electron chi connectivity index (χ3n) is 2.57. The molecule has 2 rings (SSSR count). The first-order chi connectivity index (χ1) is 8.66. The fourth-order valence-corrected chi connectivity index (χ4v) is 1.66. The van der Waals surface area contributed by atoms with Gasteiger partial charge in [0.25, 0.3) is 0 Å². The van der Waals surface area contributed by atoms with Gasteiger partial charge in [-0.1, -0.05) is 19.9 Å². The molecule has 0 saturated carbocycles. The number of ether oxygens (including phenoxy) is 1. The molecule has 0 aliphatic heterocycles. The lowest BCUT2D eigenvalue weighted by Gasteiger charge is -2.13. The van der Waals surface area contributed by atoms with E-state index in [1.165, 1.54) is 12.1 Å². The molecule has 0 radical (unpaired) electrons. The van der Waals surface area contributed by atoms with Crippen molar-refractivity contribution in [3.8, 4) is 5.75 Å². The van der Waals surface area contributed by atoms with E-state index in [0.29, 0.717) is 11.6 Å². The van der Waals surface area contributed by atoms with E-state index in [1.54, 1.807) is 24.5 Å². The lowest BCUT2D eigenvalue weighted by atomic mass is 10.0. The van der Waals surface area contributed by atoms with E-state index in [-0.39, 0.29) is 18.3 Å². The Morgan fingerprint density at radius 2 is 1.94 bits per heavy atom. The molecular weight excluding hydrogens is 231 g/mol. The van der Waals surface area contributed by atoms with Crippen molar-refractivity contribution >= 4 is 0 Å². The molecule has 0 fully saturated rings. The maximum Gasteiger partial charge on any atom is 0.166 e. The van der Waals surface area contributed by atoms with Crippen molar-refractivity contribution < 1.29 is 9.13 Å². The first-order valence-corrected chi connectivity index (χ1v) is 5.85. The second-order valence-corrected chi connectivity index (χ2v) is 4.29. The van der Waals surface area contributed by atoms with Gasteiger partial charge in [0, 0.05) is 18.5 Å².